The maximum Gasteiger partial charge on any atom is 0.0540 e. The molecule has 100 valence electrons. The number of piperidine rings is 1. The van der Waals surface area contributed by atoms with E-state index in [-0.39, 0.29) is 0 Å². The maximum atomic E-state index is 4.41. The maximum absolute atomic E-state index is 4.41. The van der Waals surface area contributed by atoms with Crippen molar-refractivity contribution >= 4 is 0 Å². The topological polar surface area (TPSA) is 41.9 Å². The number of aromatic nitrogens is 2. The molecule has 2 aliphatic rings. The zero-order valence-electron chi connectivity index (χ0n) is 11.3. The molecule has 2 N–H and O–H groups in total. The largest absolute Gasteiger partial charge is 0.316 e. The highest BCUT2D eigenvalue weighted by atomic mass is 15.3. The number of hydrogen-bond acceptors (Lipinski definition) is 3. The van der Waals surface area contributed by atoms with Crippen LogP contribution >= 0.6 is 0 Å². The highest BCUT2D eigenvalue weighted by molar-refractivity contribution is 5.24. The molecule has 2 unspecified atom stereocenters. The van der Waals surface area contributed by atoms with Crippen LogP contribution in [0, 0.1) is 5.92 Å². The Morgan fingerprint density at radius 2 is 2.39 bits per heavy atom. The molecule has 0 bridgehead atoms. The Labute approximate surface area is 109 Å². The van der Waals surface area contributed by atoms with Crippen LogP contribution in [0.4, 0.5) is 0 Å². The van der Waals surface area contributed by atoms with Crippen molar-refractivity contribution in [2.24, 2.45) is 13.0 Å². The lowest BCUT2D eigenvalue weighted by Gasteiger charge is -2.28. The summed E-state index contributed by atoms with van der Waals surface area (Å²) in [5.41, 5.74) is 2.87. The van der Waals surface area contributed by atoms with Gasteiger partial charge in [-0.15, -0.1) is 0 Å². The van der Waals surface area contributed by atoms with E-state index in [4.69, 9.17) is 0 Å². The van der Waals surface area contributed by atoms with E-state index >= 15 is 0 Å². The summed E-state index contributed by atoms with van der Waals surface area (Å²) in [5.74, 6) is 0.806. The second kappa shape index (κ2) is 5.41. The Morgan fingerprint density at radius 1 is 1.44 bits per heavy atom. The standard InChI is InChI=1S/C14H24N4/c1-18-14-6-2-5-13(12(14)10-17-18)16-9-11-4-3-7-15-8-11/h10-11,13,15-16H,2-9H2,1H3. The van der Waals surface area contributed by atoms with Gasteiger partial charge in [0, 0.05) is 24.3 Å². The molecule has 4 heteroatoms. The molecule has 4 nitrogen and oxygen atoms in total. The molecule has 3 rings (SSSR count). The van der Waals surface area contributed by atoms with E-state index in [1.54, 1.807) is 0 Å². The van der Waals surface area contributed by atoms with Gasteiger partial charge in [-0.1, -0.05) is 0 Å². The minimum atomic E-state index is 0.532. The first kappa shape index (κ1) is 12.2. The van der Waals surface area contributed by atoms with Gasteiger partial charge < -0.3 is 10.6 Å². The van der Waals surface area contributed by atoms with Gasteiger partial charge in [0.2, 0.25) is 0 Å². The summed E-state index contributed by atoms with van der Waals surface area (Å²) in [5, 5.41) is 11.7. The van der Waals surface area contributed by atoms with Gasteiger partial charge in [-0.25, -0.2) is 0 Å². The van der Waals surface area contributed by atoms with Gasteiger partial charge in [-0.2, -0.15) is 5.10 Å². The molecule has 2 heterocycles. The molecule has 1 aliphatic carbocycles. The molecule has 0 amide bonds. The van der Waals surface area contributed by atoms with Crippen LogP contribution in [0.3, 0.4) is 0 Å². The fourth-order valence-corrected chi connectivity index (χ4v) is 3.33. The van der Waals surface area contributed by atoms with E-state index in [0.29, 0.717) is 6.04 Å². The SMILES string of the molecule is Cn1ncc2c1CCCC2NCC1CCCNC1. The lowest BCUT2D eigenvalue weighted by Crippen LogP contribution is -2.37. The van der Waals surface area contributed by atoms with Crippen molar-refractivity contribution in [3.05, 3.63) is 17.5 Å². The van der Waals surface area contributed by atoms with E-state index in [1.165, 1.54) is 56.5 Å². The zero-order valence-corrected chi connectivity index (χ0v) is 11.3. The van der Waals surface area contributed by atoms with E-state index in [0.717, 1.165) is 12.5 Å². The van der Waals surface area contributed by atoms with E-state index in [1.807, 2.05) is 4.68 Å². The van der Waals surface area contributed by atoms with Crippen molar-refractivity contribution in [1.82, 2.24) is 20.4 Å². The molecule has 18 heavy (non-hydrogen) atoms. The molecular formula is C14H24N4. The van der Waals surface area contributed by atoms with Gasteiger partial charge in [0.05, 0.1) is 6.20 Å². The number of rotatable bonds is 3. The van der Waals surface area contributed by atoms with E-state index < -0.39 is 0 Å². The van der Waals surface area contributed by atoms with Gasteiger partial charge in [-0.05, 0) is 57.7 Å². The van der Waals surface area contributed by atoms with Crippen LogP contribution in [0.25, 0.3) is 0 Å². The first-order valence-corrected chi connectivity index (χ1v) is 7.29. The van der Waals surface area contributed by atoms with E-state index in [9.17, 15) is 0 Å². The first-order valence-electron chi connectivity index (χ1n) is 7.29. The lowest BCUT2D eigenvalue weighted by atomic mass is 9.92. The van der Waals surface area contributed by atoms with Crippen LogP contribution in [-0.2, 0) is 13.5 Å². The van der Waals surface area contributed by atoms with E-state index in [2.05, 4.69) is 29.0 Å². The third kappa shape index (κ3) is 2.45. The summed E-state index contributed by atoms with van der Waals surface area (Å²) < 4.78 is 2.05. The highest BCUT2D eigenvalue weighted by Gasteiger charge is 2.24. The summed E-state index contributed by atoms with van der Waals surface area (Å²) in [6.07, 6.45) is 8.49. The Balaban J connectivity index is 1.60. The smallest absolute Gasteiger partial charge is 0.0540 e. The van der Waals surface area contributed by atoms with Gasteiger partial charge >= 0.3 is 0 Å². The number of nitrogens with zero attached hydrogens (tertiary/aromatic N) is 2. The average Bonchev–Trinajstić information content (AvgIpc) is 2.80. The predicted molar refractivity (Wildman–Crippen MR) is 72.5 cm³/mol. The Hall–Kier alpha value is -0.870. The van der Waals surface area contributed by atoms with Gasteiger partial charge in [-0.3, -0.25) is 4.68 Å². The van der Waals surface area contributed by atoms with Gasteiger partial charge in [0.25, 0.3) is 0 Å². The molecule has 0 aromatic carbocycles. The van der Waals surface area contributed by atoms with Crippen LogP contribution in [0.2, 0.25) is 0 Å². The molecule has 2 atom stereocenters. The van der Waals surface area contributed by atoms with Crippen molar-refractivity contribution in [3.63, 3.8) is 0 Å². The summed E-state index contributed by atoms with van der Waals surface area (Å²) in [6.45, 7) is 3.53. The predicted octanol–water partition coefficient (Wildman–Crippen LogP) is 1.39. The zero-order chi connectivity index (χ0) is 12.4. The summed E-state index contributed by atoms with van der Waals surface area (Å²) >= 11 is 0. The number of hydrogen-bond donors (Lipinski definition) is 2. The Bertz CT molecular complexity index is 392. The average molecular weight is 248 g/mol. The van der Waals surface area contributed by atoms with Crippen molar-refractivity contribution in [2.75, 3.05) is 19.6 Å². The van der Waals surface area contributed by atoms with Crippen molar-refractivity contribution in [1.29, 1.82) is 0 Å². The molecule has 0 saturated carbocycles. The second-order valence-corrected chi connectivity index (χ2v) is 5.74. The third-order valence-electron chi connectivity index (χ3n) is 4.43. The number of aryl methyl sites for hydroxylation is 1. The summed E-state index contributed by atoms with van der Waals surface area (Å²) in [7, 11) is 2.06. The van der Waals surface area contributed by atoms with Crippen LogP contribution in [0.5, 0.6) is 0 Å². The molecular weight excluding hydrogens is 224 g/mol. The van der Waals surface area contributed by atoms with Gasteiger partial charge in [0.15, 0.2) is 0 Å². The van der Waals surface area contributed by atoms with Crippen molar-refractivity contribution in [2.45, 2.75) is 38.1 Å². The van der Waals surface area contributed by atoms with Gasteiger partial charge in [0.1, 0.15) is 0 Å². The molecule has 1 aliphatic heterocycles. The Morgan fingerprint density at radius 3 is 3.22 bits per heavy atom. The summed E-state index contributed by atoms with van der Waals surface area (Å²) in [4.78, 5) is 0. The van der Waals surface area contributed by atoms with Crippen LogP contribution < -0.4 is 10.6 Å². The molecule has 1 saturated heterocycles. The first-order chi connectivity index (χ1) is 8.84. The highest BCUT2D eigenvalue weighted by Crippen LogP contribution is 2.29. The van der Waals surface area contributed by atoms with Crippen LogP contribution in [-0.4, -0.2) is 29.4 Å². The molecule has 1 fully saturated rings. The lowest BCUT2D eigenvalue weighted by molar-refractivity contribution is 0.333. The van der Waals surface area contributed by atoms with Crippen LogP contribution in [0.15, 0.2) is 6.20 Å². The van der Waals surface area contributed by atoms with Crippen LogP contribution in [0.1, 0.15) is 43.0 Å². The summed E-state index contributed by atoms with van der Waals surface area (Å²) in [6, 6.07) is 0.532. The monoisotopic (exact) mass is 248 g/mol. The molecule has 0 radical (unpaired) electrons. The fourth-order valence-electron chi connectivity index (χ4n) is 3.33. The minimum Gasteiger partial charge on any atom is -0.316 e. The van der Waals surface area contributed by atoms with Crippen molar-refractivity contribution in [3.8, 4) is 0 Å². The molecule has 1 aromatic heterocycles. The Kier molecular flexibility index (Phi) is 3.66. The minimum absolute atomic E-state index is 0.532. The molecule has 0 spiro atoms. The number of fused-ring (bicyclic) bond motifs is 1. The fraction of sp³-hybridized carbons (Fsp3) is 0.786. The number of nitrogens with one attached hydrogen (secondary N) is 2. The van der Waals surface area contributed by atoms with Crippen molar-refractivity contribution < 1.29 is 0 Å². The molecule has 1 aromatic rings. The quantitative estimate of drug-likeness (QED) is 0.849. The third-order valence-corrected chi connectivity index (χ3v) is 4.43. The second-order valence-electron chi connectivity index (χ2n) is 5.74. The normalized spacial score (nSPS) is 28.1.